The summed E-state index contributed by atoms with van der Waals surface area (Å²) >= 11 is 0. The Morgan fingerprint density at radius 2 is 1.73 bits per heavy atom. The molecule has 0 N–H and O–H groups in total. The average Bonchev–Trinajstić information content (AvgIpc) is 3.17. The van der Waals surface area contributed by atoms with Gasteiger partial charge >= 0.3 is 5.97 Å². The quantitative estimate of drug-likeness (QED) is 0.415. The van der Waals surface area contributed by atoms with Gasteiger partial charge in [-0.25, -0.2) is 4.79 Å². The Balaban J connectivity index is 1.78. The maximum Gasteiger partial charge on any atom is 0.338 e. The fourth-order valence-electron chi connectivity index (χ4n) is 3.51. The highest BCUT2D eigenvalue weighted by Crippen LogP contribution is 2.35. The van der Waals surface area contributed by atoms with Crippen molar-refractivity contribution in [1.29, 1.82) is 0 Å². The van der Waals surface area contributed by atoms with Crippen molar-refractivity contribution in [3.8, 4) is 22.4 Å². The predicted molar refractivity (Wildman–Crippen MR) is 117 cm³/mol. The van der Waals surface area contributed by atoms with Crippen molar-refractivity contribution in [3.63, 3.8) is 0 Å². The number of hydrogen-bond acceptors (Lipinski definition) is 4. The number of benzene rings is 2. The molecule has 0 aliphatic heterocycles. The van der Waals surface area contributed by atoms with E-state index in [0.29, 0.717) is 12.1 Å². The summed E-state index contributed by atoms with van der Waals surface area (Å²) in [6.07, 6.45) is 3.52. The van der Waals surface area contributed by atoms with Crippen molar-refractivity contribution in [3.05, 3.63) is 95.9 Å². The molecular weight excluding hydrogens is 374 g/mol. The molecule has 0 unspecified atom stereocenters. The molecule has 0 saturated carbocycles. The third-order valence-electron chi connectivity index (χ3n) is 4.97. The average molecular weight is 397 g/mol. The summed E-state index contributed by atoms with van der Waals surface area (Å²) in [6.45, 7) is 4.90. The van der Waals surface area contributed by atoms with Crippen molar-refractivity contribution in [1.82, 2.24) is 14.8 Å². The van der Waals surface area contributed by atoms with Gasteiger partial charge in [0.1, 0.15) is 12.3 Å². The molecule has 2 heterocycles. The van der Waals surface area contributed by atoms with Crippen molar-refractivity contribution in [2.75, 3.05) is 0 Å². The molecule has 0 aliphatic rings. The number of nitrogens with zero attached hydrogens (tertiary/aromatic N) is 3. The number of esters is 1. The first-order valence-electron chi connectivity index (χ1n) is 9.96. The number of carbonyl (C=O) groups is 1. The normalized spacial score (nSPS) is 10.7. The lowest BCUT2D eigenvalue weighted by Gasteiger charge is -2.10. The van der Waals surface area contributed by atoms with Crippen LogP contribution in [0.25, 0.3) is 22.4 Å². The van der Waals surface area contributed by atoms with E-state index in [9.17, 15) is 4.79 Å². The van der Waals surface area contributed by atoms with Crippen LogP contribution in [0.1, 0.15) is 28.5 Å². The number of carbonyl (C=O) groups excluding carboxylic acids is 1. The second-order valence-electron chi connectivity index (χ2n) is 7.03. The smallest absolute Gasteiger partial charge is 0.338 e. The Morgan fingerprint density at radius 1 is 0.967 bits per heavy atom. The predicted octanol–water partition coefficient (Wildman–Crippen LogP) is 5.30. The zero-order valence-electron chi connectivity index (χ0n) is 17.1. The summed E-state index contributed by atoms with van der Waals surface area (Å²) in [5.74, 6) is -0.350. The Kier molecular flexibility index (Phi) is 5.70. The van der Waals surface area contributed by atoms with E-state index >= 15 is 0 Å². The molecule has 0 saturated heterocycles. The summed E-state index contributed by atoms with van der Waals surface area (Å²) in [5, 5.41) is 4.87. The van der Waals surface area contributed by atoms with Crippen LogP contribution in [0.4, 0.5) is 0 Å². The van der Waals surface area contributed by atoms with Crippen LogP contribution in [0.15, 0.2) is 79.1 Å². The van der Waals surface area contributed by atoms with E-state index in [2.05, 4.69) is 30.1 Å². The van der Waals surface area contributed by atoms with Crippen molar-refractivity contribution in [2.45, 2.75) is 27.0 Å². The molecule has 2 aromatic carbocycles. The highest BCUT2D eigenvalue weighted by Gasteiger charge is 2.21. The second-order valence-corrected chi connectivity index (χ2v) is 7.03. The van der Waals surface area contributed by atoms with Gasteiger partial charge in [-0.15, -0.1) is 0 Å². The van der Waals surface area contributed by atoms with E-state index in [1.807, 2.05) is 48.0 Å². The first-order valence-corrected chi connectivity index (χ1v) is 9.96. The molecule has 0 atom stereocenters. The largest absolute Gasteiger partial charge is 0.456 e. The fraction of sp³-hybridized carbons (Fsp3) is 0.160. The molecular formula is C25H23N3O2. The lowest BCUT2D eigenvalue weighted by atomic mass is 9.99. The number of aryl methyl sites for hydroxylation is 2. The van der Waals surface area contributed by atoms with E-state index in [0.717, 1.165) is 33.6 Å². The number of ether oxygens (including phenoxy) is 1. The Morgan fingerprint density at radius 3 is 2.43 bits per heavy atom. The van der Waals surface area contributed by atoms with Gasteiger partial charge < -0.3 is 4.74 Å². The molecule has 4 rings (SSSR count). The third-order valence-corrected chi connectivity index (χ3v) is 4.97. The van der Waals surface area contributed by atoms with Gasteiger partial charge in [0.05, 0.1) is 11.3 Å². The number of hydrogen-bond donors (Lipinski definition) is 0. The van der Waals surface area contributed by atoms with E-state index in [1.54, 1.807) is 24.5 Å². The van der Waals surface area contributed by atoms with E-state index in [4.69, 9.17) is 9.84 Å². The topological polar surface area (TPSA) is 57.0 Å². The summed E-state index contributed by atoms with van der Waals surface area (Å²) in [6, 6.07) is 21.2. The van der Waals surface area contributed by atoms with Crippen LogP contribution in [-0.2, 0) is 17.9 Å². The fourth-order valence-corrected chi connectivity index (χ4v) is 3.51. The molecule has 5 heteroatoms. The van der Waals surface area contributed by atoms with Crippen LogP contribution >= 0.6 is 0 Å². The van der Waals surface area contributed by atoms with Gasteiger partial charge in [0.15, 0.2) is 0 Å². The van der Waals surface area contributed by atoms with Crippen LogP contribution in [0.2, 0.25) is 0 Å². The van der Waals surface area contributed by atoms with Gasteiger partial charge in [0, 0.05) is 30.1 Å². The summed E-state index contributed by atoms with van der Waals surface area (Å²) in [7, 11) is 0. The first kappa shape index (κ1) is 19.6. The van der Waals surface area contributed by atoms with Gasteiger partial charge in [-0.3, -0.25) is 9.67 Å². The molecule has 0 radical (unpaired) electrons. The minimum atomic E-state index is -0.350. The van der Waals surface area contributed by atoms with Gasteiger partial charge in [-0.2, -0.15) is 5.10 Å². The number of pyridine rings is 1. The van der Waals surface area contributed by atoms with Gasteiger partial charge in [0.25, 0.3) is 0 Å². The molecule has 150 valence electrons. The Labute approximate surface area is 176 Å². The molecule has 0 fully saturated rings. The lowest BCUT2D eigenvalue weighted by Crippen LogP contribution is -2.10. The van der Waals surface area contributed by atoms with E-state index in [-0.39, 0.29) is 12.6 Å². The monoisotopic (exact) mass is 397 g/mol. The maximum atomic E-state index is 12.5. The molecule has 0 amide bonds. The van der Waals surface area contributed by atoms with E-state index < -0.39 is 0 Å². The molecule has 0 aliphatic carbocycles. The minimum absolute atomic E-state index is 0.137. The van der Waals surface area contributed by atoms with Crippen molar-refractivity contribution >= 4 is 5.97 Å². The highest BCUT2D eigenvalue weighted by molar-refractivity contribution is 5.89. The van der Waals surface area contributed by atoms with Crippen LogP contribution in [0, 0.1) is 6.92 Å². The van der Waals surface area contributed by atoms with Crippen LogP contribution in [0.5, 0.6) is 0 Å². The van der Waals surface area contributed by atoms with Gasteiger partial charge in [0.2, 0.25) is 0 Å². The summed E-state index contributed by atoms with van der Waals surface area (Å²) < 4.78 is 7.58. The maximum absolute atomic E-state index is 12.5. The molecule has 0 spiro atoms. The second kappa shape index (κ2) is 8.74. The highest BCUT2D eigenvalue weighted by atomic mass is 16.5. The van der Waals surface area contributed by atoms with Gasteiger partial charge in [-0.05, 0) is 49.7 Å². The zero-order chi connectivity index (χ0) is 20.9. The Hall–Kier alpha value is -3.73. The van der Waals surface area contributed by atoms with Gasteiger partial charge in [-0.1, -0.05) is 42.0 Å². The molecule has 4 aromatic rings. The van der Waals surface area contributed by atoms with Crippen molar-refractivity contribution < 1.29 is 9.53 Å². The first-order chi connectivity index (χ1) is 14.7. The third kappa shape index (κ3) is 4.01. The molecule has 5 nitrogen and oxygen atoms in total. The minimum Gasteiger partial charge on any atom is -0.456 e. The molecule has 0 bridgehead atoms. The van der Waals surface area contributed by atoms with Crippen LogP contribution < -0.4 is 0 Å². The standard InChI is InChI=1S/C25H23N3O2/c1-3-28-22(17-30-25(29)20-9-5-4-6-10-20)23(19-12-14-26-15-13-19)24(27-28)21-11-7-8-18(2)16-21/h4-16H,3,17H2,1-2H3. The number of rotatable bonds is 6. The lowest BCUT2D eigenvalue weighted by molar-refractivity contribution is 0.0463. The SMILES string of the molecule is CCn1nc(-c2cccc(C)c2)c(-c2ccncc2)c1COC(=O)c1ccccc1. The zero-order valence-corrected chi connectivity index (χ0v) is 17.1. The summed E-state index contributed by atoms with van der Waals surface area (Å²) in [5.41, 5.74) is 6.42. The number of aromatic nitrogens is 3. The van der Waals surface area contributed by atoms with Crippen LogP contribution in [-0.4, -0.2) is 20.7 Å². The molecule has 2 aromatic heterocycles. The Bertz CT molecular complexity index is 1150. The summed E-state index contributed by atoms with van der Waals surface area (Å²) in [4.78, 5) is 16.7. The van der Waals surface area contributed by atoms with Crippen molar-refractivity contribution in [2.24, 2.45) is 0 Å². The van der Waals surface area contributed by atoms with Crippen LogP contribution in [0.3, 0.4) is 0 Å². The molecule has 30 heavy (non-hydrogen) atoms. The van der Waals surface area contributed by atoms with E-state index in [1.165, 1.54) is 0 Å².